The molecule has 2 aromatic heterocycles. The van der Waals surface area contributed by atoms with E-state index < -0.39 is 12.7 Å². The summed E-state index contributed by atoms with van der Waals surface area (Å²) in [5, 5.41) is 0. The van der Waals surface area contributed by atoms with Crippen LogP contribution in [-0.2, 0) is 11.3 Å². The molecule has 0 radical (unpaired) electrons. The molecule has 2 N–H and O–H groups in total. The van der Waals surface area contributed by atoms with Crippen LogP contribution >= 0.6 is 0 Å². The van der Waals surface area contributed by atoms with Crippen molar-refractivity contribution in [2.45, 2.75) is 27.0 Å². The third-order valence-electron chi connectivity index (χ3n) is 3.28. The lowest BCUT2D eigenvalue weighted by molar-refractivity contribution is -0.0524. The van der Waals surface area contributed by atoms with Gasteiger partial charge in [-0.3, -0.25) is 4.79 Å². The van der Waals surface area contributed by atoms with Gasteiger partial charge in [0.15, 0.2) is 5.78 Å². The molecule has 0 unspecified atom stereocenters. The van der Waals surface area contributed by atoms with Crippen LogP contribution in [0.2, 0.25) is 0 Å². The summed E-state index contributed by atoms with van der Waals surface area (Å²) in [6.07, 6.45) is 0.349. The molecule has 2 aromatic rings. The Balaban J connectivity index is 2.49. The lowest BCUT2D eigenvalue weighted by Crippen LogP contribution is -2.19. The van der Waals surface area contributed by atoms with E-state index in [-0.39, 0.29) is 41.8 Å². The van der Waals surface area contributed by atoms with E-state index in [0.29, 0.717) is 5.82 Å². The maximum Gasteiger partial charge on any atom is 0.404 e. The predicted molar refractivity (Wildman–Crippen MR) is 82.4 cm³/mol. The monoisotopic (exact) mass is 354 g/mol. The van der Waals surface area contributed by atoms with Crippen LogP contribution in [0.5, 0.6) is 5.88 Å². The van der Waals surface area contributed by atoms with Crippen molar-refractivity contribution < 1.29 is 27.8 Å². The Morgan fingerprint density at radius 3 is 2.72 bits per heavy atom. The van der Waals surface area contributed by atoms with Crippen molar-refractivity contribution in [3.63, 3.8) is 0 Å². The summed E-state index contributed by atoms with van der Waals surface area (Å²) in [6.45, 7) is -0.0667. The minimum atomic E-state index is -3.07. The number of ether oxygens (including phenoxy) is 2. The number of ketones is 1. The molecular formula is C15H16F2N4O4. The molecule has 10 heteroatoms. The molecular weight excluding hydrogens is 338 g/mol. The molecule has 1 amide bonds. The van der Waals surface area contributed by atoms with Crippen molar-refractivity contribution in [1.82, 2.24) is 14.5 Å². The predicted octanol–water partition coefficient (Wildman–Crippen LogP) is 2.15. The molecule has 0 bridgehead atoms. The number of pyridine rings is 1. The second-order valence-electron chi connectivity index (χ2n) is 4.97. The molecule has 134 valence electrons. The average molecular weight is 354 g/mol. The molecule has 0 aliphatic heterocycles. The summed E-state index contributed by atoms with van der Waals surface area (Å²) < 4.78 is 35.8. The molecule has 0 aromatic carbocycles. The first-order chi connectivity index (χ1) is 11.8. The highest BCUT2D eigenvalue weighted by molar-refractivity contribution is 5.99. The molecule has 0 saturated carbocycles. The van der Waals surface area contributed by atoms with Crippen LogP contribution in [0, 0.1) is 6.92 Å². The zero-order valence-corrected chi connectivity index (χ0v) is 13.5. The van der Waals surface area contributed by atoms with Crippen molar-refractivity contribution in [2.24, 2.45) is 5.73 Å². The Morgan fingerprint density at radius 2 is 2.12 bits per heavy atom. The maximum atomic E-state index is 12.6. The molecule has 0 spiro atoms. The largest absolute Gasteiger partial charge is 0.448 e. The van der Waals surface area contributed by atoms with Gasteiger partial charge in [0.1, 0.15) is 23.8 Å². The summed E-state index contributed by atoms with van der Waals surface area (Å²) in [4.78, 5) is 30.8. The number of nitrogens with zero attached hydrogens (tertiary/aromatic N) is 3. The molecule has 0 atom stereocenters. The number of hydrogen-bond acceptors (Lipinski definition) is 6. The minimum Gasteiger partial charge on any atom is -0.448 e. The van der Waals surface area contributed by atoms with Gasteiger partial charge < -0.3 is 19.8 Å². The number of carbonyl (C=O) groups is 2. The van der Waals surface area contributed by atoms with E-state index in [0.717, 1.165) is 0 Å². The van der Waals surface area contributed by atoms with Crippen molar-refractivity contribution in [3.8, 4) is 17.1 Å². The highest BCUT2D eigenvalue weighted by Crippen LogP contribution is 2.31. The van der Waals surface area contributed by atoms with Crippen molar-refractivity contribution in [3.05, 3.63) is 29.8 Å². The molecule has 0 aliphatic carbocycles. The summed E-state index contributed by atoms with van der Waals surface area (Å²) in [6, 6.07) is 2.99. The highest BCUT2D eigenvalue weighted by atomic mass is 19.3. The highest BCUT2D eigenvalue weighted by Gasteiger charge is 2.23. The molecule has 2 heterocycles. The molecule has 2 rings (SSSR count). The standard InChI is InChI=1S/C15H16F2N4O4/c1-8(22)12-11(10-4-3-5-19-13(10)25-14(16)17)20-9(2)21(12)6-7-24-15(18)23/h3-5,14H,6-7H2,1-2H3,(H2,18,23). The van der Waals surface area contributed by atoms with Crippen LogP contribution in [0.15, 0.2) is 18.3 Å². The molecule has 0 fully saturated rings. The summed E-state index contributed by atoms with van der Waals surface area (Å²) in [5.41, 5.74) is 5.39. The van der Waals surface area contributed by atoms with Crippen molar-refractivity contribution in [1.29, 1.82) is 0 Å². The first kappa shape index (κ1) is 18.3. The molecule has 25 heavy (non-hydrogen) atoms. The Morgan fingerprint density at radius 1 is 1.40 bits per heavy atom. The van der Waals surface area contributed by atoms with E-state index in [1.54, 1.807) is 6.92 Å². The van der Waals surface area contributed by atoms with Gasteiger partial charge in [-0.15, -0.1) is 0 Å². The number of halogens is 2. The SMILES string of the molecule is CC(=O)c1c(-c2cccnc2OC(F)F)nc(C)n1CCOC(N)=O. The van der Waals surface area contributed by atoms with Crippen molar-refractivity contribution in [2.75, 3.05) is 6.61 Å². The molecule has 8 nitrogen and oxygen atoms in total. The van der Waals surface area contributed by atoms with Gasteiger partial charge in [0, 0.05) is 13.1 Å². The fourth-order valence-corrected chi connectivity index (χ4v) is 2.37. The number of rotatable bonds is 7. The Bertz CT molecular complexity index is 792. The summed E-state index contributed by atoms with van der Waals surface area (Å²) >= 11 is 0. The zero-order valence-electron chi connectivity index (χ0n) is 13.5. The third kappa shape index (κ3) is 4.28. The van der Waals surface area contributed by atoms with Gasteiger partial charge in [0.05, 0.1) is 12.1 Å². The number of aromatic nitrogens is 3. The molecule has 0 aliphatic rings. The quantitative estimate of drug-likeness (QED) is 0.763. The third-order valence-corrected chi connectivity index (χ3v) is 3.28. The van der Waals surface area contributed by atoms with E-state index in [4.69, 9.17) is 5.73 Å². The van der Waals surface area contributed by atoms with Crippen LogP contribution in [0.4, 0.5) is 13.6 Å². The van der Waals surface area contributed by atoms with Crippen LogP contribution in [0.25, 0.3) is 11.3 Å². The number of imidazole rings is 1. The lowest BCUT2D eigenvalue weighted by atomic mass is 10.1. The van der Waals surface area contributed by atoms with E-state index in [2.05, 4.69) is 19.4 Å². The van der Waals surface area contributed by atoms with E-state index in [1.165, 1.54) is 29.8 Å². The lowest BCUT2D eigenvalue weighted by Gasteiger charge is -2.11. The van der Waals surface area contributed by atoms with Crippen LogP contribution in [0.1, 0.15) is 23.2 Å². The fraction of sp³-hybridized carbons (Fsp3) is 0.333. The Labute approximate surface area is 141 Å². The van der Waals surface area contributed by atoms with Gasteiger partial charge in [-0.2, -0.15) is 8.78 Å². The summed E-state index contributed by atoms with van der Waals surface area (Å²) in [5.74, 6) is -0.250. The van der Waals surface area contributed by atoms with Crippen LogP contribution < -0.4 is 10.5 Å². The Kier molecular flexibility index (Phi) is 5.63. The number of carbonyl (C=O) groups excluding carboxylic acids is 2. The van der Waals surface area contributed by atoms with Gasteiger partial charge >= 0.3 is 12.7 Å². The topological polar surface area (TPSA) is 109 Å². The number of alkyl halides is 2. The number of aryl methyl sites for hydroxylation is 1. The number of amides is 1. The minimum absolute atomic E-state index is 0.0698. The molecule has 0 saturated heterocycles. The number of primary amides is 1. The summed E-state index contributed by atoms with van der Waals surface area (Å²) in [7, 11) is 0. The first-order valence-corrected chi connectivity index (χ1v) is 7.21. The van der Waals surface area contributed by atoms with Gasteiger partial charge in [-0.25, -0.2) is 14.8 Å². The smallest absolute Gasteiger partial charge is 0.404 e. The number of hydrogen-bond donors (Lipinski definition) is 1. The number of Topliss-reactive ketones (excluding diaryl/α,β-unsaturated/α-hetero) is 1. The number of nitrogens with two attached hydrogens (primary N) is 1. The van der Waals surface area contributed by atoms with Crippen molar-refractivity contribution >= 4 is 11.9 Å². The second kappa shape index (κ2) is 7.69. The zero-order chi connectivity index (χ0) is 18.6. The van der Waals surface area contributed by atoms with Gasteiger partial charge in [-0.1, -0.05) is 0 Å². The van der Waals surface area contributed by atoms with E-state index >= 15 is 0 Å². The maximum absolute atomic E-state index is 12.6. The van der Waals surface area contributed by atoms with Gasteiger partial charge in [-0.05, 0) is 19.1 Å². The van der Waals surface area contributed by atoms with Crippen LogP contribution in [-0.4, -0.2) is 39.6 Å². The Hall–Kier alpha value is -3.04. The van der Waals surface area contributed by atoms with Gasteiger partial charge in [0.2, 0.25) is 5.88 Å². The second-order valence-corrected chi connectivity index (χ2v) is 4.97. The fourth-order valence-electron chi connectivity index (χ4n) is 2.37. The van der Waals surface area contributed by atoms with Crippen LogP contribution in [0.3, 0.4) is 0 Å². The van der Waals surface area contributed by atoms with E-state index in [9.17, 15) is 18.4 Å². The van der Waals surface area contributed by atoms with E-state index in [1.807, 2.05) is 0 Å². The van der Waals surface area contributed by atoms with Gasteiger partial charge in [0.25, 0.3) is 0 Å². The normalized spacial score (nSPS) is 10.8. The average Bonchev–Trinajstić information content (AvgIpc) is 2.84. The first-order valence-electron chi connectivity index (χ1n) is 7.21.